The van der Waals surface area contributed by atoms with Gasteiger partial charge >= 0.3 is 6.03 Å². The third-order valence-electron chi connectivity index (χ3n) is 6.07. The summed E-state index contributed by atoms with van der Waals surface area (Å²) in [5, 5.41) is 3.46. The van der Waals surface area contributed by atoms with Gasteiger partial charge in [-0.1, -0.05) is 37.3 Å². The maximum absolute atomic E-state index is 13.6. The molecule has 0 saturated carbocycles. The SMILES string of the molecule is CCC(c1nc2ccccc2c(=O)n1-c1ccc(F)cc1)N(C)C(=O)Nc1c(C)cccc1C. The van der Waals surface area contributed by atoms with Crippen LogP contribution >= 0.6 is 0 Å². The number of carbonyl (C=O) groups excluding carboxylic acids is 1. The van der Waals surface area contributed by atoms with E-state index in [1.165, 1.54) is 16.7 Å². The first kappa shape index (κ1) is 23.2. The van der Waals surface area contributed by atoms with E-state index in [1.54, 1.807) is 42.3 Å². The Morgan fingerprint density at radius 1 is 1.03 bits per heavy atom. The number of urea groups is 1. The number of amides is 2. The number of aromatic nitrogens is 2. The number of halogens is 1. The van der Waals surface area contributed by atoms with Crippen LogP contribution in [-0.4, -0.2) is 27.5 Å². The number of benzene rings is 3. The van der Waals surface area contributed by atoms with Crippen LogP contribution in [0.25, 0.3) is 16.6 Å². The average molecular weight is 459 g/mol. The van der Waals surface area contributed by atoms with Gasteiger partial charge in [-0.25, -0.2) is 14.2 Å². The maximum Gasteiger partial charge on any atom is 0.322 e. The van der Waals surface area contributed by atoms with Gasteiger partial charge in [-0.3, -0.25) is 9.36 Å². The molecule has 0 aliphatic heterocycles. The Hall–Kier alpha value is -4.00. The number of rotatable bonds is 5. The highest BCUT2D eigenvalue weighted by Gasteiger charge is 2.27. The molecule has 1 atom stereocenters. The first-order valence-corrected chi connectivity index (χ1v) is 11.2. The van der Waals surface area contributed by atoms with E-state index >= 15 is 0 Å². The Bertz CT molecular complexity index is 1390. The highest BCUT2D eigenvalue weighted by Crippen LogP contribution is 2.27. The van der Waals surface area contributed by atoms with Crippen LogP contribution in [0.1, 0.15) is 36.3 Å². The van der Waals surface area contributed by atoms with Crippen molar-refractivity contribution in [2.24, 2.45) is 0 Å². The lowest BCUT2D eigenvalue weighted by atomic mass is 10.1. The van der Waals surface area contributed by atoms with Crippen LogP contribution in [0.2, 0.25) is 0 Å². The Morgan fingerprint density at radius 2 is 1.68 bits per heavy atom. The quantitative estimate of drug-likeness (QED) is 0.414. The first-order valence-electron chi connectivity index (χ1n) is 11.2. The minimum atomic E-state index is -0.508. The van der Waals surface area contributed by atoms with Crippen molar-refractivity contribution in [2.45, 2.75) is 33.2 Å². The number of para-hydroxylation sites is 2. The fourth-order valence-corrected chi connectivity index (χ4v) is 4.19. The van der Waals surface area contributed by atoms with Crippen LogP contribution in [0.15, 0.2) is 71.5 Å². The number of nitrogens with zero attached hydrogens (tertiary/aromatic N) is 3. The van der Waals surface area contributed by atoms with Crippen LogP contribution in [0, 0.1) is 19.7 Å². The second kappa shape index (κ2) is 9.47. The second-order valence-electron chi connectivity index (χ2n) is 8.34. The Labute approximate surface area is 197 Å². The largest absolute Gasteiger partial charge is 0.322 e. The monoisotopic (exact) mass is 458 g/mol. The normalized spacial score (nSPS) is 11.9. The molecule has 1 unspecified atom stereocenters. The van der Waals surface area contributed by atoms with Crippen LogP contribution in [0.4, 0.5) is 14.9 Å². The fourth-order valence-electron chi connectivity index (χ4n) is 4.19. The number of hydrogen-bond acceptors (Lipinski definition) is 3. The topological polar surface area (TPSA) is 67.2 Å². The molecule has 1 heterocycles. The second-order valence-corrected chi connectivity index (χ2v) is 8.34. The molecule has 4 aromatic rings. The highest BCUT2D eigenvalue weighted by atomic mass is 19.1. The van der Waals surface area contributed by atoms with E-state index in [-0.39, 0.29) is 11.6 Å². The van der Waals surface area contributed by atoms with Crippen molar-refractivity contribution in [3.8, 4) is 5.69 Å². The number of anilines is 1. The fraction of sp³-hybridized carbons (Fsp3) is 0.222. The van der Waals surface area contributed by atoms with Crippen molar-refractivity contribution in [3.63, 3.8) is 0 Å². The minimum Gasteiger partial charge on any atom is -0.317 e. The lowest BCUT2D eigenvalue weighted by molar-refractivity contribution is 0.199. The average Bonchev–Trinajstić information content (AvgIpc) is 2.83. The van der Waals surface area contributed by atoms with E-state index in [9.17, 15) is 14.0 Å². The standard InChI is InChI=1S/C27H27FN4O2/c1-5-23(31(4)27(34)30-24-17(2)9-8-10-18(24)3)25-29-22-12-7-6-11-21(22)26(33)32(25)20-15-13-19(28)14-16-20/h6-16,23H,5H2,1-4H3,(H,30,34). The predicted molar refractivity (Wildman–Crippen MR) is 133 cm³/mol. The smallest absolute Gasteiger partial charge is 0.317 e. The van der Waals surface area contributed by atoms with E-state index in [0.717, 1.165) is 16.8 Å². The van der Waals surface area contributed by atoms with Gasteiger partial charge in [-0.2, -0.15) is 0 Å². The molecule has 1 aromatic heterocycles. The van der Waals surface area contributed by atoms with Gasteiger partial charge in [-0.15, -0.1) is 0 Å². The van der Waals surface area contributed by atoms with Crippen molar-refractivity contribution in [2.75, 3.05) is 12.4 Å². The van der Waals surface area contributed by atoms with Crippen molar-refractivity contribution < 1.29 is 9.18 Å². The Balaban J connectivity index is 1.83. The van der Waals surface area contributed by atoms with Crippen LogP contribution in [0.5, 0.6) is 0 Å². The van der Waals surface area contributed by atoms with E-state index in [2.05, 4.69) is 5.32 Å². The summed E-state index contributed by atoms with van der Waals surface area (Å²) in [5.41, 5.74) is 3.44. The minimum absolute atomic E-state index is 0.269. The number of fused-ring (bicyclic) bond motifs is 1. The molecule has 174 valence electrons. The van der Waals surface area contributed by atoms with Crippen molar-refractivity contribution in [1.29, 1.82) is 0 Å². The van der Waals surface area contributed by atoms with Gasteiger partial charge in [0.2, 0.25) is 0 Å². The zero-order valence-electron chi connectivity index (χ0n) is 19.7. The molecule has 0 spiro atoms. The van der Waals surface area contributed by atoms with Gasteiger partial charge in [0.15, 0.2) is 0 Å². The zero-order chi connectivity index (χ0) is 24.4. The lowest BCUT2D eigenvalue weighted by Crippen LogP contribution is -2.38. The number of nitrogens with one attached hydrogen (secondary N) is 1. The number of carbonyl (C=O) groups is 1. The number of aryl methyl sites for hydroxylation is 2. The summed E-state index contributed by atoms with van der Waals surface area (Å²) in [7, 11) is 1.69. The predicted octanol–water partition coefficient (Wildman–Crippen LogP) is 5.76. The maximum atomic E-state index is 13.6. The van der Waals surface area contributed by atoms with Crippen molar-refractivity contribution in [3.05, 3.63) is 99.9 Å². The van der Waals surface area contributed by atoms with E-state index in [4.69, 9.17) is 4.98 Å². The highest BCUT2D eigenvalue weighted by molar-refractivity contribution is 5.91. The van der Waals surface area contributed by atoms with Gasteiger partial charge < -0.3 is 10.2 Å². The summed E-state index contributed by atoms with van der Waals surface area (Å²) in [6.07, 6.45) is 0.517. The molecule has 0 aliphatic carbocycles. The third-order valence-corrected chi connectivity index (χ3v) is 6.07. The molecule has 34 heavy (non-hydrogen) atoms. The summed E-state index contributed by atoms with van der Waals surface area (Å²) < 4.78 is 15.1. The summed E-state index contributed by atoms with van der Waals surface area (Å²) in [4.78, 5) is 33.2. The van der Waals surface area contributed by atoms with Crippen LogP contribution < -0.4 is 10.9 Å². The molecular formula is C27H27FN4O2. The van der Waals surface area contributed by atoms with Gasteiger partial charge in [0.1, 0.15) is 11.6 Å². The molecule has 4 rings (SSSR count). The van der Waals surface area contributed by atoms with Gasteiger partial charge in [0.05, 0.1) is 22.6 Å². The van der Waals surface area contributed by atoms with E-state index in [1.807, 2.05) is 45.0 Å². The van der Waals surface area contributed by atoms with Crippen LogP contribution in [0.3, 0.4) is 0 Å². The molecule has 0 saturated heterocycles. The van der Waals surface area contributed by atoms with Gasteiger partial charge in [-0.05, 0) is 67.8 Å². The van der Waals surface area contributed by atoms with E-state index in [0.29, 0.717) is 28.8 Å². The third kappa shape index (κ3) is 4.29. The van der Waals surface area contributed by atoms with Gasteiger partial charge in [0, 0.05) is 12.7 Å². The summed E-state index contributed by atoms with van der Waals surface area (Å²) in [6.45, 7) is 5.82. The zero-order valence-corrected chi connectivity index (χ0v) is 19.7. The molecule has 6 nitrogen and oxygen atoms in total. The van der Waals surface area contributed by atoms with Gasteiger partial charge in [0.25, 0.3) is 5.56 Å². The van der Waals surface area contributed by atoms with Crippen molar-refractivity contribution >= 4 is 22.6 Å². The molecule has 3 aromatic carbocycles. The summed E-state index contributed by atoms with van der Waals surface area (Å²) in [6, 6.07) is 17.8. The molecule has 0 fully saturated rings. The molecule has 1 N–H and O–H groups in total. The first-order chi connectivity index (χ1) is 16.3. The lowest BCUT2D eigenvalue weighted by Gasteiger charge is -2.29. The molecule has 0 aliphatic rings. The Kier molecular flexibility index (Phi) is 6.45. The number of hydrogen-bond donors (Lipinski definition) is 1. The van der Waals surface area contributed by atoms with Crippen LogP contribution in [-0.2, 0) is 0 Å². The summed E-state index contributed by atoms with van der Waals surface area (Å²) in [5.74, 6) is 0.0150. The molecule has 0 radical (unpaired) electrons. The van der Waals surface area contributed by atoms with Crippen molar-refractivity contribution in [1.82, 2.24) is 14.5 Å². The van der Waals surface area contributed by atoms with E-state index < -0.39 is 11.9 Å². The summed E-state index contributed by atoms with van der Waals surface area (Å²) >= 11 is 0. The molecule has 2 amide bonds. The molecule has 7 heteroatoms. The molecule has 0 bridgehead atoms. The molecular weight excluding hydrogens is 431 g/mol. The Morgan fingerprint density at radius 3 is 2.32 bits per heavy atom.